The number of aryl methyl sites for hydroxylation is 1. The molecule has 2 aliphatic heterocycles. The lowest BCUT2D eigenvalue weighted by molar-refractivity contribution is -0.122. The number of hydrogen-bond acceptors (Lipinski definition) is 7. The van der Waals surface area contributed by atoms with Crippen LogP contribution >= 0.6 is 11.3 Å². The van der Waals surface area contributed by atoms with Crippen LogP contribution in [-0.4, -0.2) is 46.2 Å². The molecule has 0 bridgehead atoms. The third kappa shape index (κ3) is 4.28. The van der Waals surface area contributed by atoms with Gasteiger partial charge in [-0.3, -0.25) is 24.1 Å². The number of thiazole rings is 1. The molecule has 35 heavy (non-hydrogen) atoms. The molecule has 1 atom stereocenters. The van der Waals surface area contributed by atoms with E-state index in [1.165, 1.54) is 16.2 Å². The molecule has 9 nitrogen and oxygen atoms in total. The minimum atomic E-state index is -0.548. The maximum Gasteiger partial charge on any atom is 0.265 e. The number of ether oxygens (including phenoxy) is 1. The molecule has 0 saturated heterocycles. The fourth-order valence-electron chi connectivity index (χ4n) is 4.10. The lowest BCUT2D eigenvalue weighted by Crippen LogP contribution is -2.34. The van der Waals surface area contributed by atoms with E-state index < -0.39 is 6.10 Å². The quantitative estimate of drug-likeness (QED) is 0.507. The van der Waals surface area contributed by atoms with Gasteiger partial charge in [-0.2, -0.15) is 0 Å². The number of aromatic nitrogens is 1. The summed E-state index contributed by atoms with van der Waals surface area (Å²) in [6.07, 6.45) is -0.0626. The van der Waals surface area contributed by atoms with Crippen LogP contribution in [0.2, 0.25) is 0 Å². The maximum absolute atomic E-state index is 12.5. The predicted octanol–water partition coefficient (Wildman–Crippen LogP) is 3.85. The average Bonchev–Trinajstić information content (AvgIpc) is 3.31. The fourth-order valence-corrected chi connectivity index (χ4v) is 4.95. The molecule has 2 N–H and O–H groups in total. The van der Waals surface area contributed by atoms with Gasteiger partial charge in [0, 0.05) is 23.4 Å². The zero-order valence-electron chi connectivity index (χ0n) is 19.1. The highest BCUT2D eigenvalue weighted by atomic mass is 32.1. The van der Waals surface area contributed by atoms with Crippen LogP contribution in [0.4, 0.5) is 10.8 Å². The molecule has 10 heteroatoms. The molecule has 4 amide bonds. The summed E-state index contributed by atoms with van der Waals surface area (Å²) in [7, 11) is 0. The van der Waals surface area contributed by atoms with E-state index in [4.69, 9.17) is 4.74 Å². The van der Waals surface area contributed by atoms with Gasteiger partial charge in [-0.25, -0.2) is 4.98 Å². The number of anilines is 2. The minimum absolute atomic E-state index is 0.141. The number of benzene rings is 2. The Morgan fingerprint density at radius 2 is 1.86 bits per heavy atom. The van der Waals surface area contributed by atoms with Crippen LogP contribution in [0, 0.1) is 6.92 Å². The lowest BCUT2D eigenvalue weighted by Gasteiger charge is -2.23. The van der Waals surface area contributed by atoms with Gasteiger partial charge in [-0.05, 0) is 50.6 Å². The van der Waals surface area contributed by atoms with Crippen molar-refractivity contribution < 1.29 is 23.9 Å². The highest BCUT2D eigenvalue weighted by Crippen LogP contribution is 2.37. The van der Waals surface area contributed by atoms with Gasteiger partial charge in [0.1, 0.15) is 5.75 Å². The molecule has 0 spiro atoms. The fraction of sp³-hybridized carbons (Fsp3) is 0.240. The lowest BCUT2D eigenvalue weighted by atomic mass is 10.1. The Kier molecular flexibility index (Phi) is 5.81. The number of rotatable bonds is 6. The van der Waals surface area contributed by atoms with E-state index in [1.54, 1.807) is 43.3 Å². The Morgan fingerprint density at radius 1 is 1.14 bits per heavy atom. The van der Waals surface area contributed by atoms with Crippen LogP contribution in [0.1, 0.15) is 45.4 Å². The molecule has 3 aromatic rings. The number of carbonyl (C=O) groups is 4. The molecule has 2 aliphatic rings. The molecule has 0 saturated carbocycles. The Labute approximate surface area is 205 Å². The van der Waals surface area contributed by atoms with Crippen molar-refractivity contribution in [2.45, 2.75) is 32.8 Å². The number of imide groups is 1. The summed E-state index contributed by atoms with van der Waals surface area (Å²) in [4.78, 5) is 55.9. The molecule has 0 unspecified atom stereocenters. The van der Waals surface area contributed by atoms with E-state index in [0.717, 1.165) is 10.4 Å². The van der Waals surface area contributed by atoms with E-state index in [9.17, 15) is 19.2 Å². The molecular formula is C25H22N4O5S. The second-order valence-electron chi connectivity index (χ2n) is 8.34. The molecule has 2 aromatic carbocycles. The third-order valence-electron chi connectivity index (χ3n) is 5.89. The van der Waals surface area contributed by atoms with E-state index in [2.05, 4.69) is 15.6 Å². The number of nitrogens with one attached hydrogen (secondary N) is 2. The van der Waals surface area contributed by atoms with Crippen molar-refractivity contribution in [3.05, 3.63) is 58.5 Å². The normalized spacial score (nSPS) is 16.5. The summed E-state index contributed by atoms with van der Waals surface area (Å²) in [5.41, 5.74) is 2.87. The Balaban J connectivity index is 1.20. The summed E-state index contributed by atoms with van der Waals surface area (Å²) in [6.45, 7) is 3.76. The van der Waals surface area contributed by atoms with E-state index in [-0.39, 0.29) is 36.6 Å². The van der Waals surface area contributed by atoms with Crippen molar-refractivity contribution in [3.8, 4) is 17.0 Å². The van der Waals surface area contributed by atoms with Gasteiger partial charge in [-0.1, -0.05) is 12.1 Å². The summed E-state index contributed by atoms with van der Waals surface area (Å²) >= 11 is 1.35. The van der Waals surface area contributed by atoms with Gasteiger partial charge < -0.3 is 15.4 Å². The minimum Gasteiger partial charge on any atom is -0.479 e. The largest absolute Gasteiger partial charge is 0.479 e. The summed E-state index contributed by atoms with van der Waals surface area (Å²) in [5, 5.41) is 6.08. The van der Waals surface area contributed by atoms with Crippen molar-refractivity contribution in [2.24, 2.45) is 0 Å². The van der Waals surface area contributed by atoms with Crippen LogP contribution in [0.25, 0.3) is 11.3 Å². The number of amides is 4. The van der Waals surface area contributed by atoms with Gasteiger partial charge in [-0.15, -0.1) is 11.3 Å². The number of fused-ring (bicyclic) bond motifs is 2. The summed E-state index contributed by atoms with van der Waals surface area (Å²) in [5.74, 6) is -0.513. The summed E-state index contributed by atoms with van der Waals surface area (Å²) < 4.78 is 5.60. The van der Waals surface area contributed by atoms with E-state index in [0.29, 0.717) is 39.8 Å². The highest BCUT2D eigenvalue weighted by Gasteiger charge is 2.34. The van der Waals surface area contributed by atoms with Crippen molar-refractivity contribution in [3.63, 3.8) is 0 Å². The second-order valence-corrected chi connectivity index (χ2v) is 9.55. The SMILES string of the molecule is Cc1sc(NC(=O)CCCN2C(=O)c3ccccc3C2=O)nc1-c1ccc2c(c1)NC(=O)[C@H](C)O2. The van der Waals surface area contributed by atoms with Gasteiger partial charge >= 0.3 is 0 Å². The van der Waals surface area contributed by atoms with E-state index in [1.807, 2.05) is 13.0 Å². The van der Waals surface area contributed by atoms with Crippen LogP contribution < -0.4 is 15.4 Å². The van der Waals surface area contributed by atoms with Crippen LogP contribution in [0.5, 0.6) is 5.75 Å². The molecule has 1 aromatic heterocycles. The predicted molar refractivity (Wildman–Crippen MR) is 131 cm³/mol. The topological polar surface area (TPSA) is 118 Å². The highest BCUT2D eigenvalue weighted by molar-refractivity contribution is 7.16. The van der Waals surface area contributed by atoms with Crippen molar-refractivity contribution in [2.75, 3.05) is 17.2 Å². The molecule has 0 aliphatic carbocycles. The molecule has 0 radical (unpaired) electrons. The summed E-state index contributed by atoms with van der Waals surface area (Å²) in [6, 6.07) is 12.2. The van der Waals surface area contributed by atoms with Crippen LogP contribution in [-0.2, 0) is 9.59 Å². The zero-order valence-corrected chi connectivity index (χ0v) is 19.9. The second kappa shape index (κ2) is 8.95. The monoisotopic (exact) mass is 490 g/mol. The molecular weight excluding hydrogens is 468 g/mol. The molecule has 5 rings (SSSR count). The number of nitrogens with zero attached hydrogens (tertiary/aromatic N) is 2. The van der Waals surface area contributed by atoms with Crippen LogP contribution in [0.3, 0.4) is 0 Å². The Morgan fingerprint density at radius 3 is 2.57 bits per heavy atom. The zero-order chi connectivity index (χ0) is 24.7. The maximum atomic E-state index is 12.5. The van der Waals surface area contributed by atoms with Gasteiger partial charge in [0.2, 0.25) is 5.91 Å². The first-order valence-corrected chi connectivity index (χ1v) is 12.0. The first-order valence-electron chi connectivity index (χ1n) is 11.2. The number of carbonyl (C=O) groups excluding carboxylic acids is 4. The smallest absolute Gasteiger partial charge is 0.265 e. The molecule has 178 valence electrons. The van der Waals surface area contributed by atoms with Gasteiger partial charge in [0.15, 0.2) is 11.2 Å². The van der Waals surface area contributed by atoms with Gasteiger partial charge in [0.25, 0.3) is 17.7 Å². The molecule has 0 fully saturated rings. The first-order chi connectivity index (χ1) is 16.8. The van der Waals surface area contributed by atoms with Crippen molar-refractivity contribution in [1.29, 1.82) is 0 Å². The van der Waals surface area contributed by atoms with Crippen LogP contribution in [0.15, 0.2) is 42.5 Å². The number of hydrogen-bond donors (Lipinski definition) is 2. The van der Waals surface area contributed by atoms with Crippen molar-refractivity contribution in [1.82, 2.24) is 9.88 Å². The Bertz CT molecular complexity index is 1350. The van der Waals surface area contributed by atoms with Crippen molar-refractivity contribution >= 4 is 45.8 Å². The third-order valence-corrected chi connectivity index (χ3v) is 6.78. The standard InChI is InChI=1S/C25H22N4O5S/c1-13-22(31)26-18-12-15(9-10-19(18)34-13)21-14(2)35-25(28-21)27-20(30)8-5-11-29-23(32)16-6-3-4-7-17(16)24(29)33/h3-4,6-7,9-10,12-13H,5,8,11H2,1-2H3,(H,26,31)(H,27,28,30)/t13-/m0/s1. The van der Waals surface area contributed by atoms with E-state index >= 15 is 0 Å². The van der Waals surface area contributed by atoms with Gasteiger partial charge in [0.05, 0.1) is 22.5 Å². The Hall–Kier alpha value is -4.05. The average molecular weight is 491 g/mol. The molecule has 3 heterocycles. The first kappa shape index (κ1) is 22.7.